The van der Waals surface area contributed by atoms with E-state index in [2.05, 4.69) is 15.3 Å². The first-order valence-corrected chi connectivity index (χ1v) is 8.03. The summed E-state index contributed by atoms with van der Waals surface area (Å²) in [4.78, 5) is 23.1. The van der Waals surface area contributed by atoms with Crippen molar-refractivity contribution < 1.29 is 9.53 Å². The summed E-state index contributed by atoms with van der Waals surface area (Å²) < 4.78 is 5.64. The first kappa shape index (κ1) is 16.9. The lowest BCUT2D eigenvalue weighted by Crippen LogP contribution is -2.19. The Labute approximate surface area is 146 Å². The zero-order valence-corrected chi connectivity index (χ0v) is 14.3. The van der Waals surface area contributed by atoms with Gasteiger partial charge >= 0.3 is 0 Å². The van der Waals surface area contributed by atoms with Gasteiger partial charge < -0.3 is 15.0 Å². The van der Waals surface area contributed by atoms with E-state index in [0.29, 0.717) is 29.5 Å². The van der Waals surface area contributed by atoms with Gasteiger partial charge in [0.05, 0.1) is 0 Å². The minimum atomic E-state index is -0.203. The molecule has 0 aliphatic carbocycles. The zero-order chi connectivity index (χ0) is 17.6. The molecule has 6 heteroatoms. The number of benzene rings is 1. The molecule has 1 aromatic carbocycles. The average molecular weight is 336 g/mol. The number of fused-ring (bicyclic) bond motifs is 1. The summed E-state index contributed by atoms with van der Waals surface area (Å²) in [7, 11) is 3.97. The lowest BCUT2D eigenvalue weighted by molar-refractivity contribution is 0.102. The van der Waals surface area contributed by atoms with Gasteiger partial charge in [0.15, 0.2) is 5.65 Å². The molecule has 0 saturated heterocycles. The molecule has 0 saturated carbocycles. The van der Waals surface area contributed by atoms with E-state index < -0.39 is 0 Å². The Kier molecular flexibility index (Phi) is 5.20. The molecular formula is C19H20N4O2. The van der Waals surface area contributed by atoms with Crippen molar-refractivity contribution >= 4 is 22.8 Å². The van der Waals surface area contributed by atoms with Gasteiger partial charge in [0.2, 0.25) is 5.88 Å². The predicted molar refractivity (Wildman–Crippen MR) is 98.0 cm³/mol. The Bertz CT molecular complexity index is 866. The van der Waals surface area contributed by atoms with Gasteiger partial charge in [0.25, 0.3) is 5.91 Å². The molecule has 0 unspecified atom stereocenters. The van der Waals surface area contributed by atoms with Crippen LogP contribution < -0.4 is 10.1 Å². The summed E-state index contributed by atoms with van der Waals surface area (Å²) in [6, 6.07) is 16.4. The summed E-state index contributed by atoms with van der Waals surface area (Å²) in [6.45, 7) is 1.36. The lowest BCUT2D eigenvalue weighted by atomic mass is 10.2. The molecule has 0 radical (unpaired) electrons. The number of hydrogen-bond donors (Lipinski definition) is 1. The van der Waals surface area contributed by atoms with Crippen LogP contribution in [-0.4, -0.2) is 48.0 Å². The highest BCUT2D eigenvalue weighted by Gasteiger charge is 2.08. The third-order valence-corrected chi connectivity index (χ3v) is 3.59. The summed E-state index contributed by atoms with van der Waals surface area (Å²) in [6.07, 6.45) is 0. The minimum Gasteiger partial charge on any atom is -0.476 e. The Balaban J connectivity index is 1.75. The molecule has 6 nitrogen and oxygen atoms in total. The van der Waals surface area contributed by atoms with Gasteiger partial charge in [-0.2, -0.15) is 4.98 Å². The highest BCUT2D eigenvalue weighted by molar-refractivity contribution is 6.04. The molecule has 1 N–H and O–H groups in total. The Hall–Kier alpha value is -2.99. The molecule has 0 spiro atoms. The third-order valence-electron chi connectivity index (χ3n) is 3.59. The van der Waals surface area contributed by atoms with E-state index in [-0.39, 0.29) is 5.91 Å². The van der Waals surface area contributed by atoms with Gasteiger partial charge in [0.1, 0.15) is 12.4 Å². The second-order valence-corrected chi connectivity index (χ2v) is 5.86. The lowest BCUT2D eigenvalue weighted by Gasteiger charge is -2.11. The standard InChI is InChI=1S/C19H20N4O2/c1-23(2)12-13-25-17-11-9-14-8-10-16(20-18(14)22-17)21-19(24)15-6-4-3-5-7-15/h3-11H,12-13H2,1-2H3,(H,20,21,22,24). The molecule has 0 bridgehead atoms. The second kappa shape index (κ2) is 7.72. The van der Waals surface area contributed by atoms with Crippen molar-refractivity contribution in [2.45, 2.75) is 0 Å². The first-order valence-electron chi connectivity index (χ1n) is 8.03. The Morgan fingerprint density at radius 1 is 1.04 bits per heavy atom. The van der Waals surface area contributed by atoms with Gasteiger partial charge in [-0.15, -0.1) is 0 Å². The van der Waals surface area contributed by atoms with Crippen molar-refractivity contribution in [1.29, 1.82) is 0 Å². The molecule has 2 aromatic heterocycles. The summed E-state index contributed by atoms with van der Waals surface area (Å²) in [5, 5.41) is 3.68. The number of ether oxygens (including phenoxy) is 1. The normalized spacial score (nSPS) is 10.8. The van der Waals surface area contributed by atoms with Gasteiger partial charge in [-0.3, -0.25) is 4.79 Å². The van der Waals surface area contributed by atoms with E-state index >= 15 is 0 Å². The zero-order valence-electron chi connectivity index (χ0n) is 14.3. The van der Waals surface area contributed by atoms with E-state index in [1.54, 1.807) is 18.2 Å². The molecule has 0 aliphatic heterocycles. The number of aromatic nitrogens is 2. The number of anilines is 1. The smallest absolute Gasteiger partial charge is 0.256 e. The fraction of sp³-hybridized carbons (Fsp3) is 0.211. The maximum atomic E-state index is 12.2. The van der Waals surface area contributed by atoms with E-state index in [4.69, 9.17) is 4.74 Å². The van der Waals surface area contributed by atoms with Gasteiger partial charge in [0, 0.05) is 23.6 Å². The summed E-state index contributed by atoms with van der Waals surface area (Å²) in [5.41, 5.74) is 1.12. The molecule has 25 heavy (non-hydrogen) atoms. The van der Waals surface area contributed by atoms with Crippen LogP contribution >= 0.6 is 0 Å². The quantitative estimate of drug-likeness (QED) is 0.750. The molecule has 2 heterocycles. The molecular weight excluding hydrogens is 316 g/mol. The van der Waals surface area contributed by atoms with Gasteiger partial charge in [-0.1, -0.05) is 18.2 Å². The van der Waals surface area contributed by atoms with Crippen LogP contribution in [0.4, 0.5) is 5.82 Å². The van der Waals surface area contributed by atoms with E-state index in [1.165, 1.54) is 0 Å². The molecule has 0 fully saturated rings. The topological polar surface area (TPSA) is 67.3 Å². The molecule has 1 amide bonds. The van der Waals surface area contributed by atoms with Crippen LogP contribution in [-0.2, 0) is 0 Å². The van der Waals surface area contributed by atoms with Crippen molar-refractivity contribution in [2.75, 3.05) is 32.6 Å². The van der Waals surface area contributed by atoms with Crippen LogP contribution in [0.5, 0.6) is 5.88 Å². The van der Waals surface area contributed by atoms with E-state index in [9.17, 15) is 4.79 Å². The van der Waals surface area contributed by atoms with Gasteiger partial charge in [-0.05, 0) is 44.4 Å². The Morgan fingerprint density at radius 2 is 1.80 bits per heavy atom. The van der Waals surface area contributed by atoms with Crippen molar-refractivity contribution in [2.24, 2.45) is 0 Å². The van der Waals surface area contributed by atoms with Crippen LogP contribution in [0.15, 0.2) is 54.6 Å². The molecule has 3 rings (SSSR count). The minimum absolute atomic E-state index is 0.203. The summed E-state index contributed by atoms with van der Waals surface area (Å²) in [5.74, 6) is 0.776. The van der Waals surface area contributed by atoms with Crippen molar-refractivity contribution in [1.82, 2.24) is 14.9 Å². The highest BCUT2D eigenvalue weighted by Crippen LogP contribution is 2.18. The maximum Gasteiger partial charge on any atom is 0.256 e. The highest BCUT2D eigenvalue weighted by atomic mass is 16.5. The SMILES string of the molecule is CN(C)CCOc1ccc2ccc(NC(=O)c3ccccc3)nc2n1. The monoisotopic (exact) mass is 336 g/mol. The van der Waals surface area contributed by atoms with Gasteiger partial charge in [-0.25, -0.2) is 4.98 Å². The number of hydrogen-bond acceptors (Lipinski definition) is 5. The number of pyridine rings is 2. The van der Waals surface area contributed by atoms with Crippen LogP contribution in [0.3, 0.4) is 0 Å². The second-order valence-electron chi connectivity index (χ2n) is 5.86. The van der Waals surface area contributed by atoms with Crippen LogP contribution in [0.25, 0.3) is 11.0 Å². The third kappa shape index (κ3) is 4.51. The van der Waals surface area contributed by atoms with Crippen LogP contribution in [0, 0.1) is 0 Å². The number of carbonyl (C=O) groups excluding carboxylic acids is 1. The Morgan fingerprint density at radius 3 is 2.56 bits per heavy atom. The largest absolute Gasteiger partial charge is 0.476 e. The molecule has 3 aromatic rings. The van der Waals surface area contributed by atoms with E-state index in [0.717, 1.165) is 11.9 Å². The number of nitrogens with one attached hydrogen (secondary N) is 1. The van der Waals surface area contributed by atoms with E-state index in [1.807, 2.05) is 55.4 Å². The number of amides is 1. The van der Waals surface area contributed by atoms with Crippen LogP contribution in [0.1, 0.15) is 10.4 Å². The first-order chi connectivity index (χ1) is 12.1. The molecule has 128 valence electrons. The summed E-state index contributed by atoms with van der Waals surface area (Å²) >= 11 is 0. The average Bonchev–Trinajstić information content (AvgIpc) is 2.62. The number of likely N-dealkylation sites (N-methyl/N-ethyl adjacent to an activating group) is 1. The maximum absolute atomic E-state index is 12.2. The van der Waals surface area contributed by atoms with Crippen molar-refractivity contribution in [3.05, 3.63) is 60.2 Å². The predicted octanol–water partition coefficient (Wildman–Crippen LogP) is 2.82. The van der Waals surface area contributed by atoms with Crippen LogP contribution in [0.2, 0.25) is 0 Å². The molecule has 0 atom stereocenters. The molecule has 0 aliphatic rings. The number of rotatable bonds is 6. The fourth-order valence-corrected chi connectivity index (χ4v) is 2.24. The van der Waals surface area contributed by atoms with Crippen molar-refractivity contribution in [3.63, 3.8) is 0 Å². The van der Waals surface area contributed by atoms with Crippen molar-refractivity contribution in [3.8, 4) is 5.88 Å². The number of nitrogens with zero attached hydrogens (tertiary/aromatic N) is 3. The number of carbonyl (C=O) groups is 1. The fourth-order valence-electron chi connectivity index (χ4n) is 2.24.